The molecule has 7 heteroatoms. The minimum atomic E-state index is -3.73. The average Bonchev–Trinajstić information content (AvgIpc) is 2.73. The third-order valence-electron chi connectivity index (χ3n) is 4.97. The van der Waals surface area contributed by atoms with Crippen molar-refractivity contribution in [2.24, 2.45) is 0 Å². The number of carbonyl (C=O) groups is 1. The Bertz CT molecular complexity index is 1160. The summed E-state index contributed by atoms with van der Waals surface area (Å²) >= 11 is 6.34. The van der Waals surface area contributed by atoms with Crippen LogP contribution in [0.15, 0.2) is 77.7 Å². The summed E-state index contributed by atoms with van der Waals surface area (Å²) in [6.07, 6.45) is 0. The lowest BCUT2D eigenvalue weighted by Crippen LogP contribution is -2.28. The van der Waals surface area contributed by atoms with Gasteiger partial charge in [0.05, 0.1) is 27.2 Å². The molecule has 5 nitrogen and oxygen atoms in total. The Morgan fingerprint density at radius 1 is 1.00 bits per heavy atom. The number of halogens is 1. The quantitative estimate of drug-likeness (QED) is 0.586. The van der Waals surface area contributed by atoms with Crippen LogP contribution in [0.3, 0.4) is 0 Å². The number of nitrogens with zero attached hydrogens (tertiary/aromatic N) is 1. The topological polar surface area (TPSA) is 66.5 Å². The van der Waals surface area contributed by atoms with Crippen LogP contribution >= 0.6 is 11.6 Å². The van der Waals surface area contributed by atoms with Gasteiger partial charge in [0.25, 0.3) is 15.9 Å². The first-order valence-corrected chi connectivity index (χ1v) is 11.2. The zero-order valence-corrected chi connectivity index (χ0v) is 18.5. The minimum absolute atomic E-state index is 0.178. The molecule has 1 N–H and O–H groups in total. The molecule has 0 heterocycles. The Hall–Kier alpha value is -2.83. The van der Waals surface area contributed by atoms with E-state index in [2.05, 4.69) is 5.32 Å². The summed E-state index contributed by atoms with van der Waals surface area (Å²) < 4.78 is 26.7. The molecule has 156 valence electrons. The highest BCUT2D eigenvalue weighted by molar-refractivity contribution is 7.92. The third kappa shape index (κ3) is 4.50. The van der Waals surface area contributed by atoms with Gasteiger partial charge in [-0.2, -0.15) is 0 Å². The number of sulfonamides is 1. The molecule has 0 bridgehead atoms. The fraction of sp³-hybridized carbons (Fsp3) is 0.174. The Kier molecular flexibility index (Phi) is 6.48. The highest BCUT2D eigenvalue weighted by Crippen LogP contribution is 2.28. The van der Waals surface area contributed by atoms with Gasteiger partial charge < -0.3 is 5.32 Å². The molecule has 0 spiro atoms. The highest BCUT2D eigenvalue weighted by Gasteiger charge is 2.22. The normalized spacial score (nSPS) is 12.3. The Balaban J connectivity index is 1.81. The number of hydrogen-bond acceptors (Lipinski definition) is 3. The summed E-state index contributed by atoms with van der Waals surface area (Å²) in [7, 11) is -2.28. The number of hydrogen-bond donors (Lipinski definition) is 1. The molecule has 3 aromatic rings. The standard InChI is InChI=1S/C23H23ClN2O3S/c1-16-9-7-8-12-20(16)17(2)25-23(27)21-14-13-18(15-22(21)24)26(3)30(28,29)19-10-5-4-6-11-19/h4-15,17H,1-3H3,(H,25,27). The lowest BCUT2D eigenvalue weighted by Gasteiger charge is -2.21. The predicted molar refractivity (Wildman–Crippen MR) is 121 cm³/mol. The molecular weight excluding hydrogens is 420 g/mol. The summed E-state index contributed by atoms with van der Waals surface area (Å²) in [5.74, 6) is -0.323. The van der Waals surface area contributed by atoms with Gasteiger partial charge in [-0.15, -0.1) is 0 Å². The van der Waals surface area contributed by atoms with Gasteiger partial charge in [-0.1, -0.05) is 54.1 Å². The number of rotatable bonds is 6. The van der Waals surface area contributed by atoms with Crippen LogP contribution in [0.25, 0.3) is 0 Å². The molecule has 0 aromatic heterocycles. The van der Waals surface area contributed by atoms with E-state index in [1.165, 1.54) is 31.3 Å². The van der Waals surface area contributed by atoms with Gasteiger partial charge in [0.1, 0.15) is 0 Å². The molecule has 1 atom stereocenters. The number of aryl methyl sites for hydroxylation is 1. The van der Waals surface area contributed by atoms with Crippen LogP contribution in [0.2, 0.25) is 5.02 Å². The number of benzene rings is 3. The summed E-state index contributed by atoms with van der Waals surface area (Å²) in [6.45, 7) is 3.89. The van der Waals surface area contributed by atoms with Crippen molar-refractivity contribution in [2.75, 3.05) is 11.4 Å². The Morgan fingerprint density at radius 3 is 2.27 bits per heavy atom. The molecule has 1 amide bonds. The zero-order chi connectivity index (χ0) is 21.9. The third-order valence-corrected chi connectivity index (χ3v) is 7.08. The molecular formula is C23H23ClN2O3S. The van der Waals surface area contributed by atoms with Gasteiger partial charge in [-0.05, 0) is 55.3 Å². The fourth-order valence-electron chi connectivity index (χ4n) is 3.20. The van der Waals surface area contributed by atoms with Gasteiger partial charge >= 0.3 is 0 Å². The van der Waals surface area contributed by atoms with E-state index in [0.29, 0.717) is 5.69 Å². The summed E-state index contributed by atoms with van der Waals surface area (Å²) in [4.78, 5) is 12.9. The second-order valence-electron chi connectivity index (χ2n) is 7.00. The first kappa shape index (κ1) is 21.9. The molecule has 0 aliphatic carbocycles. The summed E-state index contributed by atoms with van der Waals surface area (Å²) in [5, 5.41) is 3.12. The number of amides is 1. The number of carbonyl (C=O) groups excluding carboxylic acids is 1. The second-order valence-corrected chi connectivity index (χ2v) is 9.38. The van der Waals surface area contributed by atoms with Crippen LogP contribution < -0.4 is 9.62 Å². The second kappa shape index (κ2) is 8.90. The van der Waals surface area contributed by atoms with E-state index in [4.69, 9.17) is 11.6 Å². The van der Waals surface area contributed by atoms with Gasteiger partial charge in [0, 0.05) is 7.05 Å². The van der Waals surface area contributed by atoms with Crippen molar-refractivity contribution in [3.05, 3.63) is 94.5 Å². The van der Waals surface area contributed by atoms with Crippen LogP contribution in [0.5, 0.6) is 0 Å². The van der Waals surface area contributed by atoms with Crippen molar-refractivity contribution in [3.63, 3.8) is 0 Å². The number of nitrogens with one attached hydrogen (secondary N) is 1. The van der Waals surface area contributed by atoms with Crippen LogP contribution in [0.4, 0.5) is 5.69 Å². The monoisotopic (exact) mass is 442 g/mol. The first-order chi connectivity index (χ1) is 14.2. The van der Waals surface area contributed by atoms with Crippen molar-refractivity contribution in [2.45, 2.75) is 24.8 Å². The van der Waals surface area contributed by atoms with E-state index in [1.807, 2.05) is 38.1 Å². The van der Waals surface area contributed by atoms with Crippen LogP contribution in [-0.4, -0.2) is 21.4 Å². The summed E-state index contributed by atoms with van der Waals surface area (Å²) in [6, 6.07) is 20.4. The van der Waals surface area contributed by atoms with E-state index < -0.39 is 10.0 Å². The maximum atomic E-state index is 12.8. The lowest BCUT2D eigenvalue weighted by atomic mass is 10.0. The van der Waals surface area contributed by atoms with Crippen LogP contribution in [0.1, 0.15) is 34.5 Å². The van der Waals surface area contributed by atoms with Gasteiger partial charge in [0.15, 0.2) is 0 Å². The lowest BCUT2D eigenvalue weighted by molar-refractivity contribution is 0.0940. The van der Waals surface area contributed by atoms with Crippen molar-refractivity contribution < 1.29 is 13.2 Å². The molecule has 1 unspecified atom stereocenters. The largest absolute Gasteiger partial charge is 0.345 e. The maximum Gasteiger partial charge on any atom is 0.264 e. The van der Waals surface area contributed by atoms with Crippen molar-refractivity contribution in [3.8, 4) is 0 Å². The maximum absolute atomic E-state index is 12.8. The zero-order valence-electron chi connectivity index (χ0n) is 17.0. The fourth-order valence-corrected chi connectivity index (χ4v) is 4.67. The summed E-state index contributed by atoms with van der Waals surface area (Å²) in [5.41, 5.74) is 2.76. The smallest absolute Gasteiger partial charge is 0.264 e. The van der Waals surface area contributed by atoms with Crippen LogP contribution in [0, 0.1) is 6.92 Å². The molecule has 0 aliphatic rings. The predicted octanol–water partition coefficient (Wildman–Crippen LogP) is 4.96. The van der Waals surface area contributed by atoms with Crippen LogP contribution in [-0.2, 0) is 10.0 Å². The Morgan fingerprint density at radius 2 is 1.63 bits per heavy atom. The highest BCUT2D eigenvalue weighted by atomic mass is 35.5. The number of anilines is 1. The molecule has 0 radical (unpaired) electrons. The van der Waals surface area contributed by atoms with E-state index in [1.54, 1.807) is 24.3 Å². The van der Waals surface area contributed by atoms with E-state index in [0.717, 1.165) is 15.4 Å². The van der Waals surface area contributed by atoms with Gasteiger partial charge in [-0.25, -0.2) is 8.42 Å². The molecule has 3 aromatic carbocycles. The van der Waals surface area contributed by atoms with Crippen molar-refractivity contribution >= 4 is 33.2 Å². The van der Waals surface area contributed by atoms with Gasteiger partial charge in [-0.3, -0.25) is 9.10 Å². The SMILES string of the molecule is Cc1ccccc1C(C)NC(=O)c1ccc(N(C)S(=O)(=O)c2ccccc2)cc1Cl. The minimum Gasteiger partial charge on any atom is -0.345 e. The molecule has 0 saturated heterocycles. The molecule has 30 heavy (non-hydrogen) atoms. The molecule has 3 rings (SSSR count). The first-order valence-electron chi connectivity index (χ1n) is 9.41. The average molecular weight is 443 g/mol. The Labute approximate surface area is 182 Å². The van der Waals surface area contributed by atoms with E-state index in [9.17, 15) is 13.2 Å². The van der Waals surface area contributed by atoms with E-state index >= 15 is 0 Å². The van der Waals surface area contributed by atoms with Gasteiger partial charge in [0.2, 0.25) is 0 Å². The molecule has 0 saturated carbocycles. The van der Waals surface area contributed by atoms with Crippen molar-refractivity contribution in [1.29, 1.82) is 0 Å². The van der Waals surface area contributed by atoms with Crippen molar-refractivity contribution in [1.82, 2.24) is 5.32 Å². The molecule has 0 fully saturated rings. The van der Waals surface area contributed by atoms with E-state index in [-0.39, 0.29) is 27.4 Å². The molecule has 0 aliphatic heterocycles.